The second kappa shape index (κ2) is 13.4. The van der Waals surface area contributed by atoms with Gasteiger partial charge in [-0.05, 0) is 0 Å². The predicted molar refractivity (Wildman–Crippen MR) is 69.7 cm³/mol. The van der Waals surface area contributed by atoms with Gasteiger partial charge in [0.2, 0.25) is 0 Å². The highest BCUT2D eigenvalue weighted by Gasteiger charge is 2.15. The van der Waals surface area contributed by atoms with Gasteiger partial charge in [0.25, 0.3) is 0 Å². The van der Waals surface area contributed by atoms with E-state index in [-0.39, 0.29) is 39.6 Å². The first-order chi connectivity index (χ1) is 10.5. The number of aliphatic hydroxyl groups is 4. The Labute approximate surface area is 127 Å². The van der Waals surface area contributed by atoms with E-state index in [4.69, 9.17) is 29.9 Å². The van der Waals surface area contributed by atoms with Gasteiger partial charge in [0.15, 0.2) is 12.2 Å². The maximum Gasteiger partial charge on any atom is 0.337 e. The Bertz CT molecular complexity index is 278. The molecule has 0 spiro atoms. The second-order valence-corrected chi connectivity index (χ2v) is 3.96. The fourth-order valence-electron chi connectivity index (χ4n) is 1.07. The summed E-state index contributed by atoms with van der Waals surface area (Å²) in [4.78, 5) is 21.8. The van der Waals surface area contributed by atoms with Crippen molar-refractivity contribution < 1.29 is 49.0 Å². The summed E-state index contributed by atoms with van der Waals surface area (Å²) in [6.45, 7) is -0.892. The van der Waals surface area contributed by atoms with Crippen LogP contribution in [0.4, 0.5) is 0 Å². The minimum absolute atomic E-state index is 0.0629. The Balaban J connectivity index is 3.31. The topological polar surface area (TPSA) is 152 Å². The summed E-state index contributed by atoms with van der Waals surface area (Å²) in [6, 6.07) is 0. The number of rotatable bonds is 13. The number of ether oxygens (including phenoxy) is 4. The predicted octanol–water partition coefficient (Wildman–Crippen LogP) is -3.19. The van der Waals surface area contributed by atoms with E-state index in [1.54, 1.807) is 0 Å². The van der Waals surface area contributed by atoms with Gasteiger partial charge in [-0.3, -0.25) is 0 Å². The van der Waals surface area contributed by atoms with Crippen LogP contribution in [0.25, 0.3) is 0 Å². The maximum atomic E-state index is 10.9. The molecule has 0 rings (SSSR count). The monoisotopic (exact) mass is 326 g/mol. The van der Waals surface area contributed by atoms with Crippen LogP contribution < -0.4 is 0 Å². The molecule has 0 bridgehead atoms. The van der Waals surface area contributed by atoms with Crippen molar-refractivity contribution in [3.63, 3.8) is 0 Å². The van der Waals surface area contributed by atoms with E-state index >= 15 is 0 Å². The number of carbonyl (C=O) groups excluding carboxylic acids is 2. The van der Waals surface area contributed by atoms with Crippen molar-refractivity contribution in [3.05, 3.63) is 0 Å². The standard InChI is InChI=1S/C12H22O10/c13-7-9(15)11(17)21-5-3-19-1-2-20-4-6-22-12(18)10(16)8-14/h9-10,13-16H,1-8H2. The van der Waals surface area contributed by atoms with Crippen molar-refractivity contribution in [2.24, 2.45) is 0 Å². The first-order valence-electron chi connectivity index (χ1n) is 6.59. The van der Waals surface area contributed by atoms with E-state index < -0.39 is 37.4 Å². The normalized spacial score (nSPS) is 13.5. The first kappa shape index (κ1) is 20.7. The van der Waals surface area contributed by atoms with Gasteiger partial charge in [0, 0.05) is 0 Å². The Hall–Kier alpha value is -1.30. The zero-order valence-corrected chi connectivity index (χ0v) is 12.0. The van der Waals surface area contributed by atoms with Crippen LogP contribution in [0.15, 0.2) is 0 Å². The quantitative estimate of drug-likeness (QED) is 0.201. The SMILES string of the molecule is O=C(OCCOCCOCCOC(=O)C(O)CO)C(O)CO. The van der Waals surface area contributed by atoms with Crippen molar-refractivity contribution >= 4 is 11.9 Å². The Morgan fingerprint density at radius 2 is 1.00 bits per heavy atom. The highest BCUT2D eigenvalue weighted by atomic mass is 16.6. The van der Waals surface area contributed by atoms with Crippen LogP contribution in [0.3, 0.4) is 0 Å². The number of aliphatic hydroxyl groups excluding tert-OH is 4. The fraction of sp³-hybridized carbons (Fsp3) is 0.833. The van der Waals surface area contributed by atoms with Gasteiger partial charge in [-0.1, -0.05) is 0 Å². The van der Waals surface area contributed by atoms with Gasteiger partial charge < -0.3 is 39.4 Å². The van der Waals surface area contributed by atoms with Crippen LogP contribution in [-0.4, -0.2) is 97.4 Å². The molecule has 2 atom stereocenters. The number of carbonyl (C=O) groups is 2. The van der Waals surface area contributed by atoms with Crippen LogP contribution in [0.2, 0.25) is 0 Å². The lowest BCUT2D eigenvalue weighted by atomic mass is 10.4. The van der Waals surface area contributed by atoms with Crippen molar-refractivity contribution in [1.29, 1.82) is 0 Å². The molecule has 2 unspecified atom stereocenters. The first-order valence-corrected chi connectivity index (χ1v) is 6.59. The largest absolute Gasteiger partial charge is 0.461 e. The highest BCUT2D eigenvalue weighted by molar-refractivity contribution is 5.74. The summed E-state index contributed by atoms with van der Waals surface area (Å²) >= 11 is 0. The van der Waals surface area contributed by atoms with Crippen LogP contribution >= 0.6 is 0 Å². The third kappa shape index (κ3) is 10.4. The fourth-order valence-corrected chi connectivity index (χ4v) is 1.07. The zero-order valence-electron chi connectivity index (χ0n) is 12.0. The van der Waals surface area contributed by atoms with Crippen molar-refractivity contribution in [2.45, 2.75) is 12.2 Å². The van der Waals surface area contributed by atoms with Gasteiger partial charge in [-0.15, -0.1) is 0 Å². The van der Waals surface area contributed by atoms with Crippen molar-refractivity contribution in [1.82, 2.24) is 0 Å². The molecule has 0 saturated carbocycles. The molecule has 0 aromatic carbocycles. The number of hydrogen-bond donors (Lipinski definition) is 4. The van der Waals surface area contributed by atoms with Gasteiger partial charge in [0.05, 0.1) is 39.6 Å². The zero-order chi connectivity index (χ0) is 16.8. The molecule has 0 fully saturated rings. The molecule has 130 valence electrons. The summed E-state index contributed by atoms with van der Waals surface area (Å²) in [6.07, 6.45) is -3.09. The smallest absolute Gasteiger partial charge is 0.337 e. The molecule has 22 heavy (non-hydrogen) atoms. The molecular formula is C12H22O10. The van der Waals surface area contributed by atoms with E-state index in [9.17, 15) is 9.59 Å². The molecule has 0 amide bonds. The van der Waals surface area contributed by atoms with E-state index in [1.165, 1.54) is 0 Å². The molecule has 0 aliphatic rings. The molecule has 0 heterocycles. The van der Waals surface area contributed by atoms with Gasteiger partial charge in [0.1, 0.15) is 13.2 Å². The molecule has 0 aliphatic carbocycles. The Morgan fingerprint density at radius 1 is 0.682 bits per heavy atom. The average molecular weight is 326 g/mol. The molecule has 0 radical (unpaired) electrons. The van der Waals surface area contributed by atoms with Gasteiger partial charge >= 0.3 is 11.9 Å². The van der Waals surface area contributed by atoms with Crippen LogP contribution in [-0.2, 0) is 28.5 Å². The van der Waals surface area contributed by atoms with E-state index in [2.05, 4.69) is 9.47 Å². The molecule has 4 N–H and O–H groups in total. The lowest BCUT2D eigenvalue weighted by Gasteiger charge is -2.10. The van der Waals surface area contributed by atoms with Crippen molar-refractivity contribution in [3.8, 4) is 0 Å². The van der Waals surface area contributed by atoms with Crippen LogP contribution in [0, 0.1) is 0 Å². The molecule has 0 aromatic heterocycles. The molecule has 10 heteroatoms. The number of hydrogen-bond acceptors (Lipinski definition) is 10. The van der Waals surface area contributed by atoms with Crippen LogP contribution in [0.1, 0.15) is 0 Å². The summed E-state index contributed by atoms with van der Waals surface area (Å²) in [5.74, 6) is -1.84. The maximum absolute atomic E-state index is 10.9. The van der Waals surface area contributed by atoms with Gasteiger partial charge in [-0.2, -0.15) is 0 Å². The van der Waals surface area contributed by atoms with Crippen LogP contribution in [0.5, 0.6) is 0 Å². The second-order valence-electron chi connectivity index (χ2n) is 3.96. The third-order valence-corrected chi connectivity index (χ3v) is 2.21. The summed E-state index contributed by atoms with van der Waals surface area (Å²) in [5.41, 5.74) is 0. The summed E-state index contributed by atoms with van der Waals surface area (Å²) in [5, 5.41) is 34.7. The van der Waals surface area contributed by atoms with E-state index in [1.807, 2.05) is 0 Å². The summed E-state index contributed by atoms with van der Waals surface area (Å²) < 4.78 is 19.3. The average Bonchev–Trinajstić information content (AvgIpc) is 2.54. The van der Waals surface area contributed by atoms with Gasteiger partial charge in [-0.25, -0.2) is 9.59 Å². The molecule has 0 saturated heterocycles. The number of esters is 2. The highest BCUT2D eigenvalue weighted by Crippen LogP contribution is 1.89. The van der Waals surface area contributed by atoms with E-state index in [0.717, 1.165) is 0 Å². The lowest BCUT2D eigenvalue weighted by Crippen LogP contribution is -2.28. The minimum atomic E-state index is -1.55. The minimum Gasteiger partial charge on any atom is -0.461 e. The third-order valence-electron chi connectivity index (χ3n) is 2.21. The lowest BCUT2D eigenvalue weighted by molar-refractivity contribution is -0.158. The van der Waals surface area contributed by atoms with Crippen molar-refractivity contribution in [2.75, 3.05) is 52.9 Å². The van der Waals surface area contributed by atoms with E-state index in [0.29, 0.717) is 0 Å². The Kier molecular flexibility index (Phi) is 12.6. The molecular weight excluding hydrogens is 304 g/mol. The summed E-state index contributed by atoms with van der Waals surface area (Å²) in [7, 11) is 0. The molecule has 0 aromatic rings. The molecule has 0 aliphatic heterocycles. The molecule has 10 nitrogen and oxygen atoms in total. The Morgan fingerprint density at radius 3 is 1.32 bits per heavy atom.